The van der Waals surface area contributed by atoms with Gasteiger partial charge in [-0.15, -0.1) is 12.4 Å². The van der Waals surface area contributed by atoms with Crippen molar-refractivity contribution in [1.29, 1.82) is 0 Å². The van der Waals surface area contributed by atoms with Crippen molar-refractivity contribution in [3.05, 3.63) is 59.7 Å². The second-order valence-electron chi connectivity index (χ2n) is 6.95. The predicted molar refractivity (Wildman–Crippen MR) is 110 cm³/mol. The van der Waals surface area contributed by atoms with Crippen molar-refractivity contribution in [3.63, 3.8) is 0 Å². The second kappa shape index (κ2) is 9.57. The fourth-order valence-corrected chi connectivity index (χ4v) is 3.43. The lowest BCUT2D eigenvalue weighted by atomic mass is 9.98. The van der Waals surface area contributed by atoms with Crippen LogP contribution < -0.4 is 5.32 Å². The number of halogens is 1. The SMILES string of the molecule is CN(C)CC[C@H](NC(=O)OCC1c2ccccc2-c2ccccc21)C(=O)O.Cl. The van der Waals surface area contributed by atoms with Gasteiger partial charge in [-0.2, -0.15) is 0 Å². The Kier molecular flexibility index (Phi) is 7.43. The minimum atomic E-state index is -1.06. The lowest BCUT2D eigenvalue weighted by molar-refractivity contribution is -0.139. The number of hydrogen-bond donors (Lipinski definition) is 2. The summed E-state index contributed by atoms with van der Waals surface area (Å²) in [5, 5.41) is 11.7. The van der Waals surface area contributed by atoms with E-state index < -0.39 is 18.1 Å². The summed E-state index contributed by atoms with van der Waals surface area (Å²) in [5.41, 5.74) is 4.54. The summed E-state index contributed by atoms with van der Waals surface area (Å²) >= 11 is 0. The summed E-state index contributed by atoms with van der Waals surface area (Å²) in [6.07, 6.45) is -0.394. The van der Waals surface area contributed by atoms with Crippen molar-refractivity contribution in [2.75, 3.05) is 27.2 Å². The van der Waals surface area contributed by atoms with Crippen LogP contribution >= 0.6 is 12.4 Å². The number of aliphatic carboxylic acids is 1. The summed E-state index contributed by atoms with van der Waals surface area (Å²) in [6, 6.07) is 15.2. The maximum Gasteiger partial charge on any atom is 0.407 e. The lowest BCUT2D eigenvalue weighted by Gasteiger charge is -2.18. The highest BCUT2D eigenvalue weighted by molar-refractivity contribution is 5.85. The number of amides is 1. The number of nitrogens with zero attached hydrogens (tertiary/aromatic N) is 1. The minimum Gasteiger partial charge on any atom is -0.480 e. The lowest BCUT2D eigenvalue weighted by Crippen LogP contribution is -2.43. The molecule has 28 heavy (non-hydrogen) atoms. The van der Waals surface area contributed by atoms with E-state index in [0.717, 1.165) is 22.3 Å². The first-order valence-corrected chi connectivity index (χ1v) is 8.96. The Morgan fingerprint density at radius 3 is 2.11 bits per heavy atom. The first kappa shape index (κ1) is 21.7. The number of carbonyl (C=O) groups excluding carboxylic acids is 1. The van der Waals surface area contributed by atoms with Crippen molar-refractivity contribution in [3.8, 4) is 11.1 Å². The summed E-state index contributed by atoms with van der Waals surface area (Å²) in [7, 11) is 3.71. The van der Waals surface area contributed by atoms with E-state index in [0.29, 0.717) is 13.0 Å². The van der Waals surface area contributed by atoms with Gasteiger partial charge in [0.2, 0.25) is 0 Å². The van der Waals surface area contributed by atoms with Crippen LogP contribution in [0.25, 0.3) is 11.1 Å². The van der Waals surface area contributed by atoms with Gasteiger partial charge in [0, 0.05) is 12.5 Å². The van der Waals surface area contributed by atoms with Crippen molar-refractivity contribution in [2.24, 2.45) is 0 Å². The molecule has 1 aliphatic rings. The molecule has 1 aliphatic carbocycles. The third kappa shape index (κ3) is 4.82. The quantitative estimate of drug-likeness (QED) is 0.739. The third-order valence-electron chi connectivity index (χ3n) is 4.80. The van der Waals surface area contributed by atoms with Gasteiger partial charge in [-0.25, -0.2) is 9.59 Å². The maximum atomic E-state index is 12.2. The second-order valence-corrected chi connectivity index (χ2v) is 6.95. The van der Waals surface area contributed by atoms with E-state index >= 15 is 0 Å². The molecule has 7 heteroatoms. The van der Waals surface area contributed by atoms with Crippen LogP contribution in [-0.4, -0.2) is 55.4 Å². The molecule has 0 aliphatic heterocycles. The molecule has 150 valence electrons. The first-order valence-electron chi connectivity index (χ1n) is 8.96. The van der Waals surface area contributed by atoms with Crippen LogP contribution in [0.2, 0.25) is 0 Å². The highest BCUT2D eigenvalue weighted by Gasteiger charge is 2.29. The van der Waals surface area contributed by atoms with Gasteiger partial charge in [0.25, 0.3) is 0 Å². The Hall–Kier alpha value is -2.57. The maximum absolute atomic E-state index is 12.2. The number of ether oxygens (including phenoxy) is 1. The number of nitrogens with one attached hydrogen (secondary N) is 1. The average Bonchev–Trinajstić information content (AvgIpc) is 2.97. The number of carboxylic acids is 1. The fraction of sp³-hybridized carbons (Fsp3) is 0.333. The molecule has 2 aromatic carbocycles. The van der Waals surface area contributed by atoms with Crippen LogP contribution in [0.1, 0.15) is 23.5 Å². The van der Waals surface area contributed by atoms with Crippen molar-refractivity contribution in [1.82, 2.24) is 10.2 Å². The minimum absolute atomic E-state index is 0. The van der Waals surface area contributed by atoms with Gasteiger partial charge < -0.3 is 20.1 Å². The summed E-state index contributed by atoms with van der Waals surface area (Å²) in [5.74, 6) is -1.11. The van der Waals surface area contributed by atoms with E-state index in [1.807, 2.05) is 55.4 Å². The molecule has 0 bridgehead atoms. The molecule has 0 saturated carbocycles. The van der Waals surface area contributed by atoms with Gasteiger partial charge in [-0.05, 0) is 42.8 Å². The third-order valence-corrected chi connectivity index (χ3v) is 4.80. The Morgan fingerprint density at radius 2 is 1.61 bits per heavy atom. The van der Waals surface area contributed by atoms with Gasteiger partial charge in [-0.3, -0.25) is 0 Å². The van der Waals surface area contributed by atoms with Gasteiger partial charge in [-0.1, -0.05) is 48.5 Å². The Bertz CT molecular complexity index is 795. The number of hydrogen-bond acceptors (Lipinski definition) is 4. The smallest absolute Gasteiger partial charge is 0.407 e. The van der Waals surface area contributed by atoms with Crippen molar-refractivity contribution < 1.29 is 19.4 Å². The topological polar surface area (TPSA) is 78.9 Å². The summed E-state index contributed by atoms with van der Waals surface area (Å²) < 4.78 is 5.40. The number of alkyl carbamates (subject to hydrolysis) is 1. The summed E-state index contributed by atoms with van der Waals surface area (Å²) in [6.45, 7) is 0.723. The van der Waals surface area contributed by atoms with Crippen LogP contribution in [0.5, 0.6) is 0 Å². The number of benzene rings is 2. The molecule has 6 nitrogen and oxygen atoms in total. The molecular formula is C21H25ClN2O4. The first-order chi connectivity index (χ1) is 13.0. The van der Waals surface area contributed by atoms with Crippen LogP contribution in [0.15, 0.2) is 48.5 Å². The number of rotatable bonds is 7. The zero-order chi connectivity index (χ0) is 19.4. The van der Waals surface area contributed by atoms with E-state index in [4.69, 9.17) is 4.74 Å². The average molecular weight is 405 g/mol. The van der Waals surface area contributed by atoms with Gasteiger partial charge in [0.1, 0.15) is 12.6 Å². The number of carboxylic acid groups (broad SMARTS) is 1. The van der Waals surface area contributed by atoms with E-state index in [2.05, 4.69) is 17.4 Å². The fourth-order valence-electron chi connectivity index (χ4n) is 3.43. The van der Waals surface area contributed by atoms with Crippen LogP contribution in [0.4, 0.5) is 4.79 Å². The van der Waals surface area contributed by atoms with Gasteiger partial charge in [0.05, 0.1) is 0 Å². The van der Waals surface area contributed by atoms with Crippen LogP contribution in [0.3, 0.4) is 0 Å². The monoisotopic (exact) mass is 404 g/mol. The van der Waals surface area contributed by atoms with Crippen LogP contribution in [-0.2, 0) is 9.53 Å². The molecule has 3 rings (SSSR count). The molecule has 1 atom stereocenters. The molecule has 0 saturated heterocycles. The molecule has 2 aromatic rings. The zero-order valence-corrected chi connectivity index (χ0v) is 16.7. The molecule has 0 unspecified atom stereocenters. The largest absolute Gasteiger partial charge is 0.480 e. The molecule has 0 spiro atoms. The van der Waals surface area contributed by atoms with Crippen molar-refractivity contribution in [2.45, 2.75) is 18.4 Å². The Labute approximate surface area is 170 Å². The summed E-state index contributed by atoms with van der Waals surface area (Å²) in [4.78, 5) is 25.4. The van der Waals surface area contributed by atoms with E-state index in [9.17, 15) is 14.7 Å². The zero-order valence-electron chi connectivity index (χ0n) is 15.9. The molecule has 0 heterocycles. The molecule has 0 aromatic heterocycles. The van der Waals surface area contributed by atoms with E-state index in [1.54, 1.807) is 0 Å². The van der Waals surface area contributed by atoms with E-state index in [1.165, 1.54) is 0 Å². The molecule has 0 radical (unpaired) electrons. The Balaban J connectivity index is 0.00000280. The number of carbonyl (C=O) groups is 2. The molecular weight excluding hydrogens is 380 g/mol. The van der Waals surface area contributed by atoms with Gasteiger partial charge in [0.15, 0.2) is 0 Å². The standard InChI is InChI=1S/C21H24N2O4.ClH/c1-23(2)12-11-19(20(24)25)22-21(26)27-13-18-16-9-5-3-7-14(16)15-8-4-6-10-17(15)18;/h3-10,18-19H,11-13H2,1-2H3,(H,22,26)(H,24,25);1H/t19-;/m0./s1. The Morgan fingerprint density at radius 1 is 1.07 bits per heavy atom. The number of fused-ring (bicyclic) bond motifs is 3. The van der Waals surface area contributed by atoms with Crippen molar-refractivity contribution >= 4 is 24.5 Å². The normalized spacial score (nSPS) is 13.2. The highest BCUT2D eigenvalue weighted by atomic mass is 35.5. The van der Waals surface area contributed by atoms with E-state index in [-0.39, 0.29) is 24.9 Å². The predicted octanol–water partition coefficient (Wildman–Crippen LogP) is 3.35. The molecule has 2 N–H and O–H groups in total. The van der Waals surface area contributed by atoms with Crippen LogP contribution in [0, 0.1) is 0 Å². The highest BCUT2D eigenvalue weighted by Crippen LogP contribution is 2.44. The molecule has 0 fully saturated rings. The molecule has 1 amide bonds. The van der Waals surface area contributed by atoms with Gasteiger partial charge >= 0.3 is 12.1 Å².